The molecule has 0 radical (unpaired) electrons. The van der Waals surface area contributed by atoms with E-state index in [9.17, 15) is 5.11 Å². The molecule has 0 unspecified atom stereocenters. The zero-order valence-electron chi connectivity index (χ0n) is 9.75. The SMILES string of the molecule is CC(C)=CC[C@H]1CC=C[C@@H](O)C1(C)C. The van der Waals surface area contributed by atoms with Crippen LogP contribution in [0.15, 0.2) is 23.8 Å². The Labute approximate surface area is 87.5 Å². The second-order valence-corrected chi connectivity index (χ2v) is 5.14. The Hall–Kier alpha value is -0.560. The molecule has 0 aromatic heterocycles. The molecule has 0 aromatic carbocycles. The topological polar surface area (TPSA) is 20.2 Å². The van der Waals surface area contributed by atoms with Crippen molar-refractivity contribution in [3.63, 3.8) is 0 Å². The van der Waals surface area contributed by atoms with E-state index in [2.05, 4.69) is 39.8 Å². The van der Waals surface area contributed by atoms with Crippen molar-refractivity contribution in [3.8, 4) is 0 Å². The van der Waals surface area contributed by atoms with Crippen LogP contribution in [0.2, 0.25) is 0 Å². The summed E-state index contributed by atoms with van der Waals surface area (Å²) in [5, 5.41) is 9.87. The highest BCUT2D eigenvalue weighted by atomic mass is 16.3. The number of rotatable bonds is 2. The zero-order valence-corrected chi connectivity index (χ0v) is 9.75. The lowest BCUT2D eigenvalue weighted by Gasteiger charge is -2.39. The van der Waals surface area contributed by atoms with Crippen molar-refractivity contribution in [2.45, 2.75) is 46.6 Å². The molecule has 0 amide bonds. The van der Waals surface area contributed by atoms with E-state index in [1.807, 2.05) is 6.08 Å². The molecule has 0 heterocycles. The first-order chi connectivity index (χ1) is 6.44. The summed E-state index contributed by atoms with van der Waals surface area (Å²) in [4.78, 5) is 0. The van der Waals surface area contributed by atoms with Gasteiger partial charge in [-0.3, -0.25) is 0 Å². The molecule has 0 aliphatic heterocycles. The summed E-state index contributed by atoms with van der Waals surface area (Å²) in [6, 6.07) is 0. The minimum Gasteiger partial charge on any atom is -0.388 e. The summed E-state index contributed by atoms with van der Waals surface area (Å²) in [6.07, 6.45) is 8.20. The molecule has 0 bridgehead atoms. The van der Waals surface area contributed by atoms with Gasteiger partial charge in [0.1, 0.15) is 0 Å². The van der Waals surface area contributed by atoms with Crippen molar-refractivity contribution in [1.29, 1.82) is 0 Å². The minimum atomic E-state index is -0.285. The smallest absolute Gasteiger partial charge is 0.0774 e. The molecule has 1 aliphatic rings. The summed E-state index contributed by atoms with van der Waals surface area (Å²) >= 11 is 0. The van der Waals surface area contributed by atoms with E-state index >= 15 is 0 Å². The molecule has 1 N–H and O–H groups in total. The van der Waals surface area contributed by atoms with Gasteiger partial charge >= 0.3 is 0 Å². The largest absolute Gasteiger partial charge is 0.388 e. The lowest BCUT2D eigenvalue weighted by molar-refractivity contribution is 0.0331. The average molecular weight is 194 g/mol. The Morgan fingerprint density at radius 3 is 2.71 bits per heavy atom. The lowest BCUT2D eigenvalue weighted by Crippen LogP contribution is -2.37. The Bertz CT molecular complexity index is 244. The van der Waals surface area contributed by atoms with Crippen LogP contribution in [0, 0.1) is 11.3 Å². The normalized spacial score (nSPS) is 30.1. The third kappa shape index (κ3) is 2.48. The summed E-state index contributed by atoms with van der Waals surface area (Å²) in [7, 11) is 0. The van der Waals surface area contributed by atoms with Gasteiger partial charge < -0.3 is 5.11 Å². The molecule has 0 saturated heterocycles. The highest BCUT2D eigenvalue weighted by Crippen LogP contribution is 2.39. The molecular weight excluding hydrogens is 172 g/mol. The molecule has 1 rings (SSSR count). The van der Waals surface area contributed by atoms with E-state index < -0.39 is 0 Å². The molecule has 0 spiro atoms. The lowest BCUT2D eigenvalue weighted by atomic mass is 9.68. The fourth-order valence-corrected chi connectivity index (χ4v) is 1.94. The fourth-order valence-electron chi connectivity index (χ4n) is 1.94. The van der Waals surface area contributed by atoms with Crippen LogP contribution in [0.5, 0.6) is 0 Å². The molecule has 14 heavy (non-hydrogen) atoms. The standard InChI is InChI=1S/C13H22O/c1-10(2)8-9-11-6-5-7-12(14)13(11,3)4/h5,7-8,11-12,14H,6,9H2,1-4H3/t11-,12-/m1/s1. The van der Waals surface area contributed by atoms with Gasteiger partial charge in [0, 0.05) is 0 Å². The maximum absolute atomic E-state index is 9.87. The van der Waals surface area contributed by atoms with Gasteiger partial charge in [-0.25, -0.2) is 0 Å². The van der Waals surface area contributed by atoms with Gasteiger partial charge in [-0.1, -0.05) is 37.6 Å². The molecule has 0 saturated carbocycles. The summed E-state index contributed by atoms with van der Waals surface area (Å²) < 4.78 is 0. The predicted molar refractivity (Wildman–Crippen MR) is 61.1 cm³/mol. The van der Waals surface area contributed by atoms with Crippen LogP contribution in [-0.2, 0) is 0 Å². The van der Waals surface area contributed by atoms with E-state index in [-0.39, 0.29) is 11.5 Å². The summed E-state index contributed by atoms with van der Waals surface area (Å²) in [5.41, 5.74) is 1.38. The zero-order chi connectivity index (χ0) is 10.8. The second kappa shape index (κ2) is 4.31. The van der Waals surface area contributed by atoms with E-state index in [1.54, 1.807) is 0 Å². The van der Waals surface area contributed by atoms with Crippen LogP contribution >= 0.6 is 0 Å². The number of hydrogen-bond acceptors (Lipinski definition) is 1. The van der Waals surface area contributed by atoms with Crippen molar-refractivity contribution < 1.29 is 5.11 Å². The molecular formula is C13H22O. The Kier molecular flexibility index (Phi) is 3.54. The Morgan fingerprint density at radius 2 is 2.14 bits per heavy atom. The van der Waals surface area contributed by atoms with Crippen molar-refractivity contribution in [1.82, 2.24) is 0 Å². The van der Waals surface area contributed by atoms with Gasteiger partial charge in [0.15, 0.2) is 0 Å². The molecule has 1 aliphatic carbocycles. The van der Waals surface area contributed by atoms with Crippen molar-refractivity contribution >= 4 is 0 Å². The van der Waals surface area contributed by atoms with Crippen molar-refractivity contribution in [2.24, 2.45) is 11.3 Å². The number of hydrogen-bond donors (Lipinski definition) is 1. The molecule has 1 nitrogen and oxygen atoms in total. The minimum absolute atomic E-state index is 0.0146. The van der Waals surface area contributed by atoms with E-state index in [0.717, 1.165) is 12.8 Å². The van der Waals surface area contributed by atoms with Crippen molar-refractivity contribution in [3.05, 3.63) is 23.8 Å². The number of aliphatic hydroxyl groups is 1. The number of aliphatic hydroxyl groups excluding tert-OH is 1. The summed E-state index contributed by atoms with van der Waals surface area (Å²) in [5.74, 6) is 0.567. The first-order valence-electron chi connectivity index (χ1n) is 5.42. The highest BCUT2D eigenvalue weighted by molar-refractivity contribution is 5.08. The van der Waals surface area contributed by atoms with Gasteiger partial charge in [-0.15, -0.1) is 0 Å². The maximum Gasteiger partial charge on any atom is 0.0774 e. The van der Waals surface area contributed by atoms with Gasteiger partial charge in [0.2, 0.25) is 0 Å². The molecule has 2 atom stereocenters. The highest BCUT2D eigenvalue weighted by Gasteiger charge is 2.35. The van der Waals surface area contributed by atoms with Gasteiger partial charge in [0.25, 0.3) is 0 Å². The monoisotopic (exact) mass is 194 g/mol. The Morgan fingerprint density at radius 1 is 1.50 bits per heavy atom. The first-order valence-corrected chi connectivity index (χ1v) is 5.42. The quantitative estimate of drug-likeness (QED) is 0.669. The maximum atomic E-state index is 9.87. The van der Waals surface area contributed by atoms with E-state index in [4.69, 9.17) is 0 Å². The van der Waals surface area contributed by atoms with Gasteiger partial charge in [0.05, 0.1) is 6.10 Å². The molecule has 1 heteroatoms. The van der Waals surface area contributed by atoms with Gasteiger partial charge in [-0.2, -0.15) is 0 Å². The molecule has 80 valence electrons. The third-order valence-corrected chi connectivity index (χ3v) is 3.36. The summed E-state index contributed by atoms with van der Waals surface area (Å²) in [6.45, 7) is 8.57. The third-order valence-electron chi connectivity index (χ3n) is 3.36. The fraction of sp³-hybridized carbons (Fsp3) is 0.692. The van der Waals surface area contributed by atoms with Crippen LogP contribution in [-0.4, -0.2) is 11.2 Å². The first kappa shape index (κ1) is 11.5. The second-order valence-electron chi connectivity index (χ2n) is 5.14. The van der Waals surface area contributed by atoms with E-state index in [0.29, 0.717) is 5.92 Å². The van der Waals surface area contributed by atoms with Crippen LogP contribution in [0.3, 0.4) is 0 Å². The Balaban J connectivity index is 2.70. The van der Waals surface area contributed by atoms with Crippen LogP contribution < -0.4 is 0 Å². The number of allylic oxidation sites excluding steroid dienone is 3. The molecule has 0 fully saturated rings. The van der Waals surface area contributed by atoms with E-state index in [1.165, 1.54) is 5.57 Å². The van der Waals surface area contributed by atoms with Crippen molar-refractivity contribution in [2.75, 3.05) is 0 Å². The molecule has 0 aromatic rings. The van der Waals surface area contributed by atoms with Crippen LogP contribution in [0.4, 0.5) is 0 Å². The average Bonchev–Trinajstić information content (AvgIpc) is 2.07. The predicted octanol–water partition coefficient (Wildman–Crippen LogP) is 3.31. The van der Waals surface area contributed by atoms with Gasteiger partial charge in [-0.05, 0) is 38.0 Å². The van der Waals surface area contributed by atoms with Crippen LogP contribution in [0.25, 0.3) is 0 Å². The van der Waals surface area contributed by atoms with Crippen LogP contribution in [0.1, 0.15) is 40.5 Å².